The van der Waals surface area contributed by atoms with Gasteiger partial charge in [0.05, 0.1) is 12.8 Å². The number of ether oxygens (including phenoxy) is 1. The number of rotatable bonds is 4. The van der Waals surface area contributed by atoms with Gasteiger partial charge in [0.2, 0.25) is 0 Å². The van der Waals surface area contributed by atoms with Gasteiger partial charge in [-0.05, 0) is 37.1 Å². The highest BCUT2D eigenvalue weighted by Crippen LogP contribution is 2.33. The number of fused-ring (bicyclic) bond motifs is 2. The molecule has 3 aromatic heterocycles. The van der Waals surface area contributed by atoms with Crippen molar-refractivity contribution in [2.75, 3.05) is 20.2 Å². The number of nitrogens with zero attached hydrogens (tertiary/aromatic N) is 4. The first-order valence-electron chi connectivity index (χ1n) is 10.7. The van der Waals surface area contributed by atoms with Crippen LogP contribution in [0.1, 0.15) is 46.8 Å². The highest BCUT2D eigenvalue weighted by molar-refractivity contribution is 5.99. The van der Waals surface area contributed by atoms with Gasteiger partial charge in [-0.2, -0.15) is 18.3 Å². The Kier molecular flexibility index (Phi) is 5.02. The molecule has 4 aromatic rings. The number of carbonyl (C=O) groups is 1. The SMILES string of the molecule is CCc1cc(C(F)(F)F)n2nc([C@H]3CCN(C(=O)c4cc5c(OC)cccc5[nH]4)C3)cc2n1. The van der Waals surface area contributed by atoms with Crippen molar-refractivity contribution < 1.29 is 22.7 Å². The van der Waals surface area contributed by atoms with E-state index in [2.05, 4.69) is 15.1 Å². The van der Waals surface area contributed by atoms with E-state index in [1.54, 1.807) is 31.1 Å². The molecule has 0 aliphatic carbocycles. The van der Waals surface area contributed by atoms with Crippen molar-refractivity contribution in [3.05, 3.63) is 59.2 Å². The number of alkyl halides is 3. The van der Waals surface area contributed by atoms with Crippen LogP contribution in [0.25, 0.3) is 16.6 Å². The lowest BCUT2D eigenvalue weighted by molar-refractivity contribution is -0.142. The van der Waals surface area contributed by atoms with Gasteiger partial charge in [-0.15, -0.1) is 0 Å². The number of methoxy groups -OCH3 is 1. The Bertz CT molecular complexity index is 1360. The molecule has 7 nitrogen and oxygen atoms in total. The van der Waals surface area contributed by atoms with Crippen LogP contribution in [0.4, 0.5) is 13.2 Å². The number of aromatic nitrogens is 4. The minimum absolute atomic E-state index is 0.165. The standard InChI is InChI=1S/C23H22F3N5O2/c1-3-14-9-20(23(24,25)26)31-21(27-14)11-17(29-31)13-7-8-30(12-13)22(32)18-10-15-16(28-18)5-4-6-19(15)33-2/h4-6,9-11,13,28H,3,7-8,12H2,1-2H3/t13-/m0/s1. The van der Waals surface area contributed by atoms with Crippen LogP contribution in [0, 0.1) is 0 Å². The molecule has 0 unspecified atom stereocenters. The van der Waals surface area contributed by atoms with E-state index in [9.17, 15) is 18.0 Å². The predicted molar refractivity (Wildman–Crippen MR) is 115 cm³/mol. The maximum atomic E-state index is 13.6. The number of halogens is 3. The van der Waals surface area contributed by atoms with Crippen LogP contribution in [0.5, 0.6) is 5.75 Å². The van der Waals surface area contributed by atoms with Crippen LogP contribution in [0.2, 0.25) is 0 Å². The molecule has 1 saturated heterocycles. The number of benzene rings is 1. The van der Waals surface area contributed by atoms with Crippen LogP contribution in [-0.4, -0.2) is 50.6 Å². The van der Waals surface area contributed by atoms with Crippen molar-refractivity contribution in [3.63, 3.8) is 0 Å². The summed E-state index contributed by atoms with van der Waals surface area (Å²) in [5.74, 6) is 0.342. The summed E-state index contributed by atoms with van der Waals surface area (Å²) in [4.78, 5) is 22.2. The molecule has 1 fully saturated rings. The normalized spacial score (nSPS) is 16.8. The number of aryl methyl sites for hydroxylation is 1. The molecular weight excluding hydrogens is 435 g/mol. The quantitative estimate of drug-likeness (QED) is 0.492. The second-order valence-corrected chi connectivity index (χ2v) is 8.16. The smallest absolute Gasteiger partial charge is 0.433 e. The van der Waals surface area contributed by atoms with Crippen LogP contribution in [-0.2, 0) is 12.6 Å². The molecular formula is C23H22F3N5O2. The van der Waals surface area contributed by atoms with Crippen LogP contribution in [0.15, 0.2) is 36.4 Å². The molecule has 1 N–H and O–H groups in total. The molecule has 0 radical (unpaired) electrons. The van der Waals surface area contributed by atoms with Crippen molar-refractivity contribution in [2.24, 2.45) is 0 Å². The number of likely N-dealkylation sites (tertiary alicyclic amines) is 1. The number of H-pyrrole nitrogens is 1. The van der Waals surface area contributed by atoms with Crippen molar-refractivity contribution >= 4 is 22.5 Å². The minimum atomic E-state index is -4.54. The van der Waals surface area contributed by atoms with Gasteiger partial charge in [0.25, 0.3) is 5.91 Å². The number of hydrogen-bond acceptors (Lipinski definition) is 4. The Morgan fingerprint density at radius 3 is 2.82 bits per heavy atom. The molecule has 172 valence electrons. The highest BCUT2D eigenvalue weighted by atomic mass is 19.4. The molecule has 0 bridgehead atoms. The summed E-state index contributed by atoms with van der Waals surface area (Å²) < 4.78 is 46.9. The molecule has 1 aromatic carbocycles. The first kappa shape index (κ1) is 21.3. The van der Waals surface area contributed by atoms with Gasteiger partial charge in [-0.25, -0.2) is 9.50 Å². The maximum absolute atomic E-state index is 13.6. The Labute approximate surface area is 187 Å². The summed E-state index contributed by atoms with van der Waals surface area (Å²) in [5.41, 5.74) is 1.44. The van der Waals surface area contributed by atoms with E-state index < -0.39 is 11.9 Å². The molecule has 1 amide bonds. The molecule has 1 atom stereocenters. The van der Waals surface area contributed by atoms with Crippen molar-refractivity contribution in [2.45, 2.75) is 31.9 Å². The number of aromatic amines is 1. The number of carbonyl (C=O) groups excluding carboxylic acids is 1. The average molecular weight is 457 g/mol. The summed E-state index contributed by atoms with van der Waals surface area (Å²) in [6.45, 7) is 2.62. The fourth-order valence-corrected chi connectivity index (χ4v) is 4.40. The van der Waals surface area contributed by atoms with E-state index >= 15 is 0 Å². The fraction of sp³-hybridized carbons (Fsp3) is 0.348. The van der Waals surface area contributed by atoms with E-state index in [0.717, 1.165) is 21.5 Å². The van der Waals surface area contributed by atoms with Gasteiger partial charge in [0, 0.05) is 41.7 Å². The van der Waals surface area contributed by atoms with E-state index in [1.807, 2.05) is 18.2 Å². The third-order valence-corrected chi connectivity index (χ3v) is 6.12. The van der Waals surface area contributed by atoms with E-state index in [0.29, 0.717) is 48.8 Å². The Hall–Kier alpha value is -3.56. The molecule has 4 heterocycles. The van der Waals surface area contributed by atoms with Crippen molar-refractivity contribution in [1.29, 1.82) is 0 Å². The average Bonchev–Trinajstić information content (AvgIpc) is 3.53. The lowest BCUT2D eigenvalue weighted by Gasteiger charge is -2.15. The topological polar surface area (TPSA) is 75.5 Å². The lowest BCUT2D eigenvalue weighted by Crippen LogP contribution is -2.28. The van der Waals surface area contributed by atoms with Crippen LogP contribution >= 0.6 is 0 Å². The zero-order valence-corrected chi connectivity index (χ0v) is 18.1. The van der Waals surface area contributed by atoms with Crippen LogP contribution < -0.4 is 4.74 Å². The zero-order chi connectivity index (χ0) is 23.3. The van der Waals surface area contributed by atoms with Gasteiger partial charge in [0.1, 0.15) is 17.1 Å². The highest BCUT2D eigenvalue weighted by Gasteiger charge is 2.36. The predicted octanol–water partition coefficient (Wildman–Crippen LogP) is 4.43. The van der Waals surface area contributed by atoms with Gasteiger partial charge in [-0.1, -0.05) is 13.0 Å². The summed E-state index contributed by atoms with van der Waals surface area (Å²) in [6, 6.07) is 9.94. The Balaban J connectivity index is 1.41. The monoisotopic (exact) mass is 457 g/mol. The van der Waals surface area contributed by atoms with Crippen molar-refractivity contribution in [3.8, 4) is 5.75 Å². The van der Waals surface area contributed by atoms with Crippen LogP contribution in [0.3, 0.4) is 0 Å². The minimum Gasteiger partial charge on any atom is -0.496 e. The third kappa shape index (κ3) is 3.69. The molecule has 0 spiro atoms. The zero-order valence-electron chi connectivity index (χ0n) is 18.1. The molecule has 1 aliphatic rings. The first-order chi connectivity index (χ1) is 15.8. The number of hydrogen-bond donors (Lipinski definition) is 1. The summed E-state index contributed by atoms with van der Waals surface area (Å²) in [6.07, 6.45) is -3.54. The summed E-state index contributed by atoms with van der Waals surface area (Å²) >= 11 is 0. The maximum Gasteiger partial charge on any atom is 0.433 e. The molecule has 1 aliphatic heterocycles. The number of amides is 1. The van der Waals surface area contributed by atoms with Gasteiger partial charge >= 0.3 is 6.18 Å². The van der Waals surface area contributed by atoms with Gasteiger partial charge in [-0.3, -0.25) is 4.79 Å². The Morgan fingerprint density at radius 2 is 2.09 bits per heavy atom. The number of nitrogens with one attached hydrogen (secondary N) is 1. The second kappa shape index (κ2) is 7.79. The summed E-state index contributed by atoms with van der Waals surface area (Å²) in [5, 5.41) is 5.05. The summed E-state index contributed by atoms with van der Waals surface area (Å²) in [7, 11) is 1.58. The lowest BCUT2D eigenvalue weighted by atomic mass is 10.1. The molecule has 5 rings (SSSR count). The van der Waals surface area contributed by atoms with E-state index in [4.69, 9.17) is 4.74 Å². The fourth-order valence-electron chi connectivity index (χ4n) is 4.40. The van der Waals surface area contributed by atoms with Gasteiger partial charge in [0.15, 0.2) is 5.65 Å². The van der Waals surface area contributed by atoms with E-state index in [1.165, 1.54) is 0 Å². The second-order valence-electron chi connectivity index (χ2n) is 8.16. The Morgan fingerprint density at radius 1 is 1.27 bits per heavy atom. The third-order valence-electron chi connectivity index (χ3n) is 6.12. The molecule has 33 heavy (non-hydrogen) atoms. The van der Waals surface area contributed by atoms with E-state index in [-0.39, 0.29) is 17.5 Å². The first-order valence-corrected chi connectivity index (χ1v) is 10.7. The van der Waals surface area contributed by atoms with Crippen molar-refractivity contribution in [1.82, 2.24) is 24.5 Å². The largest absolute Gasteiger partial charge is 0.496 e. The molecule has 10 heteroatoms. The molecule has 0 saturated carbocycles. The van der Waals surface area contributed by atoms with Gasteiger partial charge < -0.3 is 14.6 Å².